The minimum Gasteiger partial charge on any atom is -0.483 e. The summed E-state index contributed by atoms with van der Waals surface area (Å²) in [5.74, 6) is 1.19. The molecule has 0 saturated carbocycles. The minimum atomic E-state index is 0.0107. The number of rotatable bonds is 4. The molecule has 2 aliphatic heterocycles. The van der Waals surface area contributed by atoms with Gasteiger partial charge in [0.25, 0.3) is 5.91 Å². The van der Waals surface area contributed by atoms with E-state index < -0.39 is 0 Å². The van der Waals surface area contributed by atoms with Gasteiger partial charge in [0.15, 0.2) is 6.61 Å². The lowest BCUT2D eigenvalue weighted by molar-refractivity contribution is -0.142. The van der Waals surface area contributed by atoms with Crippen molar-refractivity contribution >= 4 is 11.8 Å². The van der Waals surface area contributed by atoms with E-state index in [0.29, 0.717) is 19.0 Å². The highest BCUT2D eigenvalue weighted by Gasteiger charge is 2.30. The van der Waals surface area contributed by atoms with E-state index in [9.17, 15) is 9.59 Å². The van der Waals surface area contributed by atoms with Gasteiger partial charge >= 0.3 is 0 Å². The van der Waals surface area contributed by atoms with Crippen LogP contribution in [0.15, 0.2) is 18.2 Å². The zero-order valence-corrected chi connectivity index (χ0v) is 16.0. The molecule has 26 heavy (non-hydrogen) atoms. The number of para-hydroxylation sites is 1. The molecule has 0 aromatic heterocycles. The molecule has 0 spiro atoms. The highest BCUT2D eigenvalue weighted by Crippen LogP contribution is 2.24. The van der Waals surface area contributed by atoms with Crippen LogP contribution in [0.4, 0.5) is 0 Å². The first-order valence-corrected chi connectivity index (χ1v) is 9.82. The van der Waals surface area contributed by atoms with Gasteiger partial charge in [-0.15, -0.1) is 0 Å². The van der Waals surface area contributed by atoms with Gasteiger partial charge in [-0.2, -0.15) is 0 Å². The molecule has 2 aliphatic rings. The maximum absolute atomic E-state index is 12.6. The molecule has 2 amide bonds. The average molecular weight is 358 g/mol. The van der Waals surface area contributed by atoms with Crippen molar-refractivity contribution < 1.29 is 14.3 Å². The van der Waals surface area contributed by atoms with Crippen LogP contribution in [0.5, 0.6) is 5.75 Å². The Labute approximate surface area is 156 Å². The van der Waals surface area contributed by atoms with Crippen LogP contribution in [0, 0.1) is 19.8 Å². The fraction of sp³-hybridized carbons (Fsp3) is 0.619. The first-order chi connectivity index (χ1) is 12.6. The van der Waals surface area contributed by atoms with Crippen LogP contribution in [-0.2, 0) is 9.59 Å². The number of aryl methyl sites for hydroxylation is 2. The molecule has 142 valence electrons. The predicted octanol–water partition coefficient (Wildman–Crippen LogP) is 2.93. The topological polar surface area (TPSA) is 49.9 Å². The van der Waals surface area contributed by atoms with Crippen LogP contribution >= 0.6 is 0 Å². The van der Waals surface area contributed by atoms with Crippen LogP contribution < -0.4 is 4.74 Å². The molecular formula is C21H30N2O3. The van der Waals surface area contributed by atoms with Crippen LogP contribution in [-0.4, -0.2) is 54.4 Å². The Kier molecular flexibility index (Phi) is 6.17. The third kappa shape index (κ3) is 4.37. The van der Waals surface area contributed by atoms with Gasteiger partial charge < -0.3 is 14.5 Å². The van der Waals surface area contributed by atoms with Gasteiger partial charge in [-0.3, -0.25) is 9.59 Å². The molecule has 1 aromatic rings. The number of carbonyl (C=O) groups is 2. The summed E-state index contributed by atoms with van der Waals surface area (Å²) in [5.41, 5.74) is 2.09. The average Bonchev–Trinajstić information content (AvgIpc) is 2.67. The van der Waals surface area contributed by atoms with E-state index >= 15 is 0 Å². The molecule has 2 heterocycles. The first kappa shape index (κ1) is 18.7. The second-order valence-electron chi connectivity index (χ2n) is 7.55. The van der Waals surface area contributed by atoms with Gasteiger partial charge in [-0.1, -0.05) is 18.2 Å². The summed E-state index contributed by atoms with van der Waals surface area (Å²) in [5, 5.41) is 0. The largest absolute Gasteiger partial charge is 0.483 e. The molecule has 5 nitrogen and oxygen atoms in total. The second kappa shape index (κ2) is 8.56. The molecule has 2 saturated heterocycles. The Morgan fingerprint density at radius 3 is 2.19 bits per heavy atom. The Bertz CT molecular complexity index is 624. The van der Waals surface area contributed by atoms with Crippen molar-refractivity contribution in [2.24, 2.45) is 5.92 Å². The molecule has 0 radical (unpaired) electrons. The minimum absolute atomic E-state index is 0.0107. The van der Waals surface area contributed by atoms with Gasteiger partial charge in [-0.25, -0.2) is 0 Å². The number of nitrogens with zero attached hydrogens (tertiary/aromatic N) is 2. The molecule has 0 atom stereocenters. The summed E-state index contributed by atoms with van der Waals surface area (Å²) in [6.07, 6.45) is 5.02. The number of piperidine rings is 2. The monoisotopic (exact) mass is 358 g/mol. The van der Waals surface area contributed by atoms with Crippen molar-refractivity contribution in [1.29, 1.82) is 0 Å². The normalized spacial score (nSPS) is 18.7. The number of benzene rings is 1. The van der Waals surface area contributed by atoms with Crippen molar-refractivity contribution in [3.63, 3.8) is 0 Å². The summed E-state index contributed by atoms with van der Waals surface area (Å²) in [7, 11) is 0. The molecule has 3 rings (SSSR count). The third-order valence-electron chi connectivity index (χ3n) is 5.61. The van der Waals surface area contributed by atoms with E-state index in [1.807, 2.05) is 41.8 Å². The second-order valence-corrected chi connectivity index (χ2v) is 7.55. The fourth-order valence-electron chi connectivity index (χ4n) is 4.00. The predicted molar refractivity (Wildman–Crippen MR) is 101 cm³/mol. The number of hydrogen-bond acceptors (Lipinski definition) is 3. The number of amides is 2. The van der Waals surface area contributed by atoms with Crippen LogP contribution in [0.1, 0.15) is 43.2 Å². The summed E-state index contributed by atoms with van der Waals surface area (Å²) < 4.78 is 5.79. The van der Waals surface area contributed by atoms with Crippen molar-refractivity contribution in [1.82, 2.24) is 9.80 Å². The maximum atomic E-state index is 12.6. The van der Waals surface area contributed by atoms with E-state index in [1.165, 1.54) is 6.42 Å². The zero-order valence-electron chi connectivity index (χ0n) is 16.0. The smallest absolute Gasteiger partial charge is 0.260 e. The first-order valence-electron chi connectivity index (χ1n) is 9.82. The van der Waals surface area contributed by atoms with Crippen LogP contribution in [0.2, 0.25) is 0 Å². The molecule has 5 heteroatoms. The Morgan fingerprint density at radius 1 is 0.962 bits per heavy atom. The van der Waals surface area contributed by atoms with Gasteiger partial charge in [0.2, 0.25) is 5.91 Å². The summed E-state index contributed by atoms with van der Waals surface area (Å²) in [4.78, 5) is 29.0. The molecular weight excluding hydrogens is 328 g/mol. The number of hydrogen-bond donors (Lipinski definition) is 0. The maximum Gasteiger partial charge on any atom is 0.260 e. The van der Waals surface area contributed by atoms with Crippen molar-refractivity contribution in [2.75, 3.05) is 32.8 Å². The Balaban J connectivity index is 1.47. The number of ether oxygens (including phenoxy) is 1. The Morgan fingerprint density at radius 2 is 1.58 bits per heavy atom. The lowest BCUT2D eigenvalue weighted by Crippen LogP contribution is -2.46. The van der Waals surface area contributed by atoms with E-state index in [1.54, 1.807) is 0 Å². The molecule has 0 aliphatic carbocycles. The molecule has 0 N–H and O–H groups in total. The molecule has 0 bridgehead atoms. The van der Waals surface area contributed by atoms with Gasteiger partial charge in [0.05, 0.1) is 0 Å². The molecule has 1 aromatic carbocycles. The van der Waals surface area contributed by atoms with E-state index in [0.717, 1.165) is 55.6 Å². The molecule has 2 fully saturated rings. The lowest BCUT2D eigenvalue weighted by atomic mass is 9.94. The van der Waals surface area contributed by atoms with E-state index in [-0.39, 0.29) is 18.4 Å². The third-order valence-corrected chi connectivity index (χ3v) is 5.61. The summed E-state index contributed by atoms with van der Waals surface area (Å²) in [6.45, 7) is 7.16. The summed E-state index contributed by atoms with van der Waals surface area (Å²) >= 11 is 0. The van der Waals surface area contributed by atoms with Crippen molar-refractivity contribution in [3.05, 3.63) is 29.3 Å². The standard InChI is InChI=1S/C21H30N2O3/c1-16-7-6-8-17(2)20(16)26-15-19(24)22-13-9-18(10-14-22)21(25)23-11-4-3-5-12-23/h6-8,18H,3-5,9-15H2,1-2H3. The lowest BCUT2D eigenvalue weighted by Gasteiger charge is -2.35. The van der Waals surface area contributed by atoms with Crippen LogP contribution in [0.25, 0.3) is 0 Å². The number of carbonyl (C=O) groups excluding carboxylic acids is 2. The van der Waals surface area contributed by atoms with Crippen LogP contribution in [0.3, 0.4) is 0 Å². The van der Waals surface area contributed by atoms with Gasteiger partial charge in [-0.05, 0) is 57.1 Å². The quantitative estimate of drug-likeness (QED) is 0.831. The summed E-state index contributed by atoms with van der Waals surface area (Å²) in [6, 6.07) is 5.97. The Hall–Kier alpha value is -2.04. The zero-order chi connectivity index (χ0) is 18.5. The van der Waals surface area contributed by atoms with E-state index in [2.05, 4.69) is 0 Å². The number of likely N-dealkylation sites (tertiary alicyclic amines) is 2. The van der Waals surface area contributed by atoms with Gasteiger partial charge in [0.1, 0.15) is 5.75 Å². The van der Waals surface area contributed by atoms with Gasteiger partial charge in [0, 0.05) is 32.1 Å². The van der Waals surface area contributed by atoms with E-state index in [4.69, 9.17) is 4.74 Å². The van der Waals surface area contributed by atoms with Crippen molar-refractivity contribution in [2.45, 2.75) is 46.0 Å². The highest BCUT2D eigenvalue weighted by molar-refractivity contribution is 5.80. The fourth-order valence-corrected chi connectivity index (χ4v) is 4.00. The molecule has 0 unspecified atom stereocenters. The highest BCUT2D eigenvalue weighted by atomic mass is 16.5. The SMILES string of the molecule is Cc1cccc(C)c1OCC(=O)N1CCC(C(=O)N2CCCCC2)CC1. The van der Waals surface area contributed by atoms with Crippen molar-refractivity contribution in [3.8, 4) is 5.75 Å².